The summed E-state index contributed by atoms with van der Waals surface area (Å²) in [7, 11) is 1.90. The Balaban J connectivity index is 1.62. The third-order valence-electron chi connectivity index (χ3n) is 6.27. The van der Waals surface area contributed by atoms with E-state index in [1.54, 1.807) is 16.8 Å². The van der Waals surface area contributed by atoms with Crippen LogP contribution in [0.1, 0.15) is 53.1 Å². The van der Waals surface area contributed by atoms with E-state index in [0.717, 1.165) is 40.6 Å². The summed E-state index contributed by atoms with van der Waals surface area (Å²) >= 11 is 0. The predicted octanol–water partition coefficient (Wildman–Crippen LogP) is 5.12. The van der Waals surface area contributed by atoms with Crippen molar-refractivity contribution in [3.05, 3.63) is 70.7 Å². The van der Waals surface area contributed by atoms with Crippen LogP contribution in [0.3, 0.4) is 0 Å². The summed E-state index contributed by atoms with van der Waals surface area (Å²) in [5.41, 5.74) is 5.55. The molecule has 32 heavy (non-hydrogen) atoms. The van der Waals surface area contributed by atoms with E-state index < -0.39 is 0 Å². The lowest BCUT2D eigenvalue weighted by atomic mass is 9.92. The van der Waals surface area contributed by atoms with Gasteiger partial charge < -0.3 is 4.74 Å². The molecule has 7 heteroatoms. The van der Waals surface area contributed by atoms with Crippen LogP contribution in [0.25, 0.3) is 22.3 Å². The van der Waals surface area contributed by atoms with Crippen molar-refractivity contribution in [2.75, 3.05) is 6.61 Å². The summed E-state index contributed by atoms with van der Waals surface area (Å²) in [5, 5.41) is 5.05. The summed E-state index contributed by atoms with van der Waals surface area (Å²) in [6.45, 7) is 6.46. The van der Waals surface area contributed by atoms with Crippen LogP contribution in [0.15, 0.2) is 36.7 Å². The van der Waals surface area contributed by atoms with Gasteiger partial charge in [0.15, 0.2) is 5.65 Å². The summed E-state index contributed by atoms with van der Waals surface area (Å²) in [4.78, 5) is 14.5. The van der Waals surface area contributed by atoms with Gasteiger partial charge in [0.1, 0.15) is 11.6 Å². The minimum atomic E-state index is -0.283. The average molecular weight is 432 g/mol. The molecular formula is C25H26FN5O. The molecule has 1 aliphatic rings. The SMILES string of the molecule is Cc1ccc(-c2nc(C3CCOC(c4cnn(C)c4)C3)nc3nc(C)c(C)cc23)c(F)c1. The highest BCUT2D eigenvalue weighted by molar-refractivity contribution is 5.91. The Kier molecular flexibility index (Phi) is 5.21. The van der Waals surface area contributed by atoms with Crippen molar-refractivity contribution in [1.29, 1.82) is 0 Å². The minimum Gasteiger partial charge on any atom is -0.373 e. The van der Waals surface area contributed by atoms with Crippen molar-refractivity contribution in [3.8, 4) is 11.3 Å². The molecule has 4 heterocycles. The predicted molar refractivity (Wildman–Crippen MR) is 121 cm³/mol. The van der Waals surface area contributed by atoms with Crippen LogP contribution in [0.2, 0.25) is 0 Å². The molecule has 1 aliphatic heterocycles. The molecule has 0 N–H and O–H groups in total. The molecule has 0 radical (unpaired) electrons. The molecular weight excluding hydrogens is 405 g/mol. The lowest BCUT2D eigenvalue weighted by Crippen LogP contribution is -2.20. The van der Waals surface area contributed by atoms with E-state index in [2.05, 4.69) is 5.10 Å². The van der Waals surface area contributed by atoms with E-state index in [0.29, 0.717) is 29.3 Å². The Morgan fingerprint density at radius 1 is 1.09 bits per heavy atom. The van der Waals surface area contributed by atoms with Gasteiger partial charge in [0.05, 0.1) is 18.0 Å². The number of benzene rings is 1. The number of aryl methyl sites for hydroxylation is 4. The number of rotatable bonds is 3. The van der Waals surface area contributed by atoms with E-state index in [1.165, 1.54) is 0 Å². The fourth-order valence-electron chi connectivity index (χ4n) is 4.33. The molecule has 1 saturated heterocycles. The second kappa shape index (κ2) is 8.06. The molecule has 5 rings (SSSR count). The Morgan fingerprint density at radius 3 is 2.69 bits per heavy atom. The first-order valence-electron chi connectivity index (χ1n) is 10.9. The van der Waals surface area contributed by atoms with Gasteiger partial charge >= 0.3 is 0 Å². The monoisotopic (exact) mass is 431 g/mol. The first-order valence-corrected chi connectivity index (χ1v) is 10.9. The van der Waals surface area contributed by atoms with Crippen molar-refractivity contribution in [3.63, 3.8) is 0 Å². The molecule has 0 spiro atoms. The van der Waals surface area contributed by atoms with Gasteiger partial charge in [-0.15, -0.1) is 0 Å². The molecule has 6 nitrogen and oxygen atoms in total. The first kappa shape index (κ1) is 20.7. The third kappa shape index (κ3) is 3.77. The van der Waals surface area contributed by atoms with Gasteiger partial charge in [0.2, 0.25) is 0 Å². The maximum atomic E-state index is 15.0. The largest absolute Gasteiger partial charge is 0.373 e. The zero-order chi connectivity index (χ0) is 22.4. The van der Waals surface area contributed by atoms with Crippen LogP contribution in [0, 0.1) is 26.6 Å². The molecule has 0 saturated carbocycles. The molecule has 3 aromatic heterocycles. The Labute approximate surface area is 186 Å². The lowest BCUT2D eigenvalue weighted by molar-refractivity contribution is 0.00398. The fourth-order valence-corrected chi connectivity index (χ4v) is 4.33. The summed E-state index contributed by atoms with van der Waals surface area (Å²) < 4.78 is 22.8. The van der Waals surface area contributed by atoms with E-state index in [1.807, 2.05) is 52.3 Å². The van der Waals surface area contributed by atoms with E-state index in [-0.39, 0.29) is 17.8 Å². The minimum absolute atomic E-state index is 0.0611. The van der Waals surface area contributed by atoms with Gasteiger partial charge in [-0.1, -0.05) is 6.07 Å². The Bertz CT molecular complexity index is 1320. The standard InChI is InChI=1S/C25H26FN5O/c1-14-5-6-19(21(26)9-14)23-20-10-15(2)16(3)28-25(20)30-24(29-23)17-7-8-32-22(11-17)18-12-27-31(4)13-18/h5-6,9-10,12-13,17,22H,7-8,11H2,1-4H3. The van der Waals surface area contributed by atoms with Crippen molar-refractivity contribution in [1.82, 2.24) is 24.7 Å². The summed E-state index contributed by atoms with van der Waals surface area (Å²) in [6, 6.07) is 7.27. The highest BCUT2D eigenvalue weighted by Gasteiger charge is 2.29. The van der Waals surface area contributed by atoms with Crippen LogP contribution in [0.4, 0.5) is 4.39 Å². The van der Waals surface area contributed by atoms with Crippen LogP contribution in [-0.4, -0.2) is 31.3 Å². The van der Waals surface area contributed by atoms with E-state index in [9.17, 15) is 4.39 Å². The van der Waals surface area contributed by atoms with Crippen LogP contribution < -0.4 is 0 Å². The van der Waals surface area contributed by atoms with Gasteiger partial charge in [-0.05, 0) is 62.9 Å². The third-order valence-corrected chi connectivity index (χ3v) is 6.27. The average Bonchev–Trinajstić information content (AvgIpc) is 3.21. The molecule has 2 unspecified atom stereocenters. The van der Waals surface area contributed by atoms with Crippen molar-refractivity contribution in [2.24, 2.45) is 7.05 Å². The molecule has 1 fully saturated rings. The second-order valence-corrected chi connectivity index (χ2v) is 8.70. The van der Waals surface area contributed by atoms with Crippen LogP contribution in [0.5, 0.6) is 0 Å². The molecule has 0 bridgehead atoms. The number of halogens is 1. The molecule has 1 aromatic carbocycles. The molecule has 4 aromatic rings. The fraction of sp³-hybridized carbons (Fsp3) is 0.360. The normalized spacial score (nSPS) is 18.9. The zero-order valence-corrected chi connectivity index (χ0v) is 18.8. The smallest absolute Gasteiger partial charge is 0.163 e. The number of fused-ring (bicyclic) bond motifs is 1. The first-order chi connectivity index (χ1) is 15.4. The number of hydrogen-bond donors (Lipinski definition) is 0. The van der Waals surface area contributed by atoms with Crippen molar-refractivity contribution in [2.45, 2.75) is 45.6 Å². The van der Waals surface area contributed by atoms with Gasteiger partial charge in [-0.25, -0.2) is 19.3 Å². The van der Waals surface area contributed by atoms with Gasteiger partial charge in [-0.2, -0.15) is 5.10 Å². The van der Waals surface area contributed by atoms with Crippen LogP contribution >= 0.6 is 0 Å². The topological polar surface area (TPSA) is 65.7 Å². The molecule has 0 amide bonds. The summed E-state index contributed by atoms with van der Waals surface area (Å²) in [6.07, 6.45) is 5.32. The molecule has 0 aliphatic carbocycles. The quantitative estimate of drug-likeness (QED) is 0.450. The number of ether oxygens (including phenoxy) is 1. The van der Waals surface area contributed by atoms with Gasteiger partial charge in [0, 0.05) is 48.0 Å². The zero-order valence-electron chi connectivity index (χ0n) is 18.8. The number of pyridine rings is 1. The van der Waals surface area contributed by atoms with E-state index >= 15 is 0 Å². The molecule has 2 atom stereocenters. The maximum absolute atomic E-state index is 15.0. The van der Waals surface area contributed by atoms with Gasteiger partial charge in [0.25, 0.3) is 0 Å². The Hall–Kier alpha value is -3.19. The maximum Gasteiger partial charge on any atom is 0.163 e. The van der Waals surface area contributed by atoms with Crippen molar-refractivity contribution >= 4 is 11.0 Å². The van der Waals surface area contributed by atoms with Crippen molar-refractivity contribution < 1.29 is 9.13 Å². The number of nitrogens with zero attached hydrogens (tertiary/aromatic N) is 5. The number of hydrogen-bond acceptors (Lipinski definition) is 5. The Morgan fingerprint density at radius 2 is 1.94 bits per heavy atom. The number of aromatic nitrogens is 5. The van der Waals surface area contributed by atoms with E-state index in [4.69, 9.17) is 19.7 Å². The summed E-state index contributed by atoms with van der Waals surface area (Å²) in [5.74, 6) is 0.504. The highest BCUT2D eigenvalue weighted by atomic mass is 19.1. The molecule has 164 valence electrons. The highest BCUT2D eigenvalue weighted by Crippen LogP contribution is 2.38. The second-order valence-electron chi connectivity index (χ2n) is 8.70. The van der Waals surface area contributed by atoms with Crippen LogP contribution in [-0.2, 0) is 11.8 Å². The van der Waals surface area contributed by atoms with Gasteiger partial charge in [-0.3, -0.25) is 4.68 Å². The lowest BCUT2D eigenvalue weighted by Gasteiger charge is -2.28.